The molecule has 10 heteroatoms. The third kappa shape index (κ3) is 2.84. The molecule has 112 valence electrons. The summed E-state index contributed by atoms with van der Waals surface area (Å²) in [5, 5.41) is 7.86. The highest BCUT2D eigenvalue weighted by Gasteiger charge is 2.40. The monoisotopic (exact) mass is 327 g/mol. The van der Waals surface area contributed by atoms with Gasteiger partial charge in [0, 0.05) is 12.1 Å². The number of carbonyl (C=O) groups is 1. The lowest BCUT2D eigenvalue weighted by Gasteiger charge is -2.03. The Morgan fingerprint density at radius 1 is 1.14 bits per heavy atom. The van der Waals surface area contributed by atoms with Gasteiger partial charge in [0.2, 0.25) is 0 Å². The van der Waals surface area contributed by atoms with Crippen LogP contribution in [0.3, 0.4) is 0 Å². The summed E-state index contributed by atoms with van der Waals surface area (Å²) >= 11 is -0.0513. The zero-order chi connectivity index (χ0) is 15.9. The fourth-order valence-electron chi connectivity index (χ4n) is 1.51. The number of rotatable bonds is 2. The van der Waals surface area contributed by atoms with E-state index in [0.29, 0.717) is 0 Å². The molecule has 2 rings (SSSR count). The summed E-state index contributed by atoms with van der Waals surface area (Å²) in [4.78, 5) is 12.5. The Hall–Kier alpha value is -2.10. The molecule has 0 fully saturated rings. The number of benzene rings is 1. The van der Waals surface area contributed by atoms with Crippen molar-refractivity contribution in [2.75, 3.05) is 0 Å². The van der Waals surface area contributed by atoms with Crippen LogP contribution in [0.25, 0.3) is 10.6 Å². The van der Waals surface area contributed by atoms with Gasteiger partial charge < -0.3 is 5.11 Å². The minimum atomic E-state index is -5.10. The quantitative estimate of drug-likeness (QED) is 0.850. The van der Waals surface area contributed by atoms with Crippen LogP contribution in [-0.2, 0) is 6.18 Å². The molecular formula is C11H3F6NO2S. The Balaban J connectivity index is 2.70. The molecule has 0 amide bonds. The van der Waals surface area contributed by atoms with Crippen LogP contribution >= 0.6 is 11.3 Å². The molecule has 0 aliphatic carbocycles. The van der Waals surface area contributed by atoms with Gasteiger partial charge in [0.05, 0.1) is 5.56 Å². The second kappa shape index (κ2) is 5.02. The summed E-state index contributed by atoms with van der Waals surface area (Å²) in [7, 11) is 0. The highest BCUT2D eigenvalue weighted by Crippen LogP contribution is 2.39. The molecule has 0 atom stereocenters. The summed E-state index contributed by atoms with van der Waals surface area (Å²) in [6.45, 7) is 0. The molecule has 0 radical (unpaired) electrons. The van der Waals surface area contributed by atoms with E-state index in [2.05, 4.69) is 4.98 Å². The summed E-state index contributed by atoms with van der Waals surface area (Å²) in [5.41, 5.74) is -2.78. The van der Waals surface area contributed by atoms with E-state index in [-0.39, 0.29) is 23.5 Å². The third-order valence-corrected chi connectivity index (χ3v) is 3.37. The molecule has 3 nitrogen and oxygen atoms in total. The predicted molar refractivity (Wildman–Crippen MR) is 59.4 cm³/mol. The summed E-state index contributed by atoms with van der Waals surface area (Å²) in [6, 6.07) is 0.515. The average Bonchev–Trinajstić information content (AvgIpc) is 2.71. The molecular weight excluding hydrogens is 324 g/mol. The number of carboxylic acid groups (broad SMARTS) is 1. The summed E-state index contributed by atoms with van der Waals surface area (Å²) < 4.78 is 77.7. The van der Waals surface area contributed by atoms with E-state index in [4.69, 9.17) is 5.11 Å². The average molecular weight is 327 g/mol. The maximum atomic E-state index is 13.5. The van der Waals surface area contributed by atoms with Crippen LogP contribution in [0.15, 0.2) is 12.1 Å². The van der Waals surface area contributed by atoms with E-state index in [9.17, 15) is 31.1 Å². The number of nitrogens with zero attached hydrogens (tertiary/aromatic N) is 1. The van der Waals surface area contributed by atoms with Crippen molar-refractivity contribution in [3.8, 4) is 10.6 Å². The molecule has 2 aromatic rings. The normalized spacial score (nSPS) is 11.7. The van der Waals surface area contributed by atoms with Crippen LogP contribution in [0.1, 0.15) is 15.4 Å². The first kappa shape index (κ1) is 15.3. The molecule has 0 unspecified atom stereocenters. The highest BCUT2D eigenvalue weighted by molar-refractivity contribution is 7.17. The molecule has 0 spiro atoms. The van der Waals surface area contributed by atoms with E-state index in [1.807, 2.05) is 0 Å². The fraction of sp³-hybridized carbons (Fsp3) is 0.0909. The smallest absolute Gasteiger partial charge is 0.435 e. The number of alkyl halides is 3. The summed E-state index contributed by atoms with van der Waals surface area (Å²) in [6.07, 6.45) is -5.10. The van der Waals surface area contributed by atoms with Crippen molar-refractivity contribution in [2.45, 2.75) is 6.18 Å². The number of halogens is 6. The fourth-order valence-corrected chi connectivity index (χ4v) is 2.48. The Morgan fingerprint density at radius 3 is 2.05 bits per heavy atom. The molecule has 21 heavy (non-hydrogen) atoms. The Morgan fingerprint density at radius 2 is 1.67 bits per heavy atom. The van der Waals surface area contributed by atoms with Crippen molar-refractivity contribution in [3.05, 3.63) is 40.2 Å². The van der Waals surface area contributed by atoms with Crippen molar-refractivity contribution in [3.63, 3.8) is 0 Å². The van der Waals surface area contributed by atoms with Gasteiger partial charge in [-0.25, -0.2) is 22.9 Å². The molecule has 1 N–H and O–H groups in total. The van der Waals surface area contributed by atoms with Crippen LogP contribution in [0.5, 0.6) is 0 Å². The van der Waals surface area contributed by atoms with E-state index < -0.39 is 50.7 Å². The number of hydrogen-bond acceptors (Lipinski definition) is 3. The van der Waals surface area contributed by atoms with Crippen molar-refractivity contribution in [1.29, 1.82) is 0 Å². The number of thiazole rings is 1. The van der Waals surface area contributed by atoms with Crippen LogP contribution in [0, 0.1) is 17.5 Å². The van der Waals surface area contributed by atoms with Crippen LogP contribution < -0.4 is 0 Å². The first-order chi connectivity index (χ1) is 9.61. The molecule has 1 aromatic heterocycles. The van der Waals surface area contributed by atoms with Crippen LogP contribution in [0.2, 0.25) is 0 Å². The number of carboxylic acids is 1. The molecule has 1 aromatic carbocycles. The molecule has 0 saturated carbocycles. The second-order valence-corrected chi connectivity index (χ2v) is 4.74. The lowest BCUT2D eigenvalue weighted by molar-refractivity contribution is -0.141. The standard InChI is InChI=1S/C11H3F6NO2S/c12-3-1-4(13)6(5(14)2-3)9-18-8(11(15,16)17)7(21-9)10(19)20/h1-2H,(H,19,20). The van der Waals surface area contributed by atoms with Crippen molar-refractivity contribution < 1.29 is 36.2 Å². The number of hydrogen-bond donors (Lipinski definition) is 1. The van der Waals surface area contributed by atoms with Crippen molar-refractivity contribution in [1.82, 2.24) is 4.98 Å². The van der Waals surface area contributed by atoms with Crippen molar-refractivity contribution >= 4 is 17.3 Å². The van der Waals surface area contributed by atoms with Crippen LogP contribution in [-0.4, -0.2) is 16.1 Å². The van der Waals surface area contributed by atoms with E-state index >= 15 is 0 Å². The predicted octanol–water partition coefficient (Wildman–Crippen LogP) is 3.94. The molecule has 0 aliphatic rings. The third-order valence-electron chi connectivity index (χ3n) is 2.31. The van der Waals surface area contributed by atoms with Gasteiger partial charge in [-0.05, 0) is 0 Å². The number of aromatic carboxylic acids is 1. The molecule has 0 saturated heterocycles. The largest absolute Gasteiger partial charge is 0.477 e. The van der Waals surface area contributed by atoms with E-state index in [0.717, 1.165) is 0 Å². The Kier molecular flexibility index (Phi) is 3.66. The van der Waals surface area contributed by atoms with E-state index in [1.54, 1.807) is 0 Å². The van der Waals surface area contributed by atoms with Crippen molar-refractivity contribution in [2.24, 2.45) is 0 Å². The maximum Gasteiger partial charge on any atom is 0.435 e. The molecule has 0 aliphatic heterocycles. The minimum Gasteiger partial charge on any atom is -0.477 e. The lowest BCUT2D eigenvalue weighted by Crippen LogP contribution is -2.11. The van der Waals surface area contributed by atoms with E-state index in [1.165, 1.54) is 0 Å². The van der Waals surface area contributed by atoms with Gasteiger partial charge in [0.1, 0.15) is 27.3 Å². The van der Waals surface area contributed by atoms with Gasteiger partial charge in [-0.15, -0.1) is 11.3 Å². The topological polar surface area (TPSA) is 50.2 Å². The zero-order valence-electron chi connectivity index (χ0n) is 9.63. The van der Waals surface area contributed by atoms with Crippen LogP contribution in [0.4, 0.5) is 26.3 Å². The van der Waals surface area contributed by atoms with Gasteiger partial charge in [-0.2, -0.15) is 13.2 Å². The summed E-state index contributed by atoms with van der Waals surface area (Å²) in [5.74, 6) is -6.16. The first-order valence-corrected chi connectivity index (χ1v) is 5.89. The number of aromatic nitrogens is 1. The maximum absolute atomic E-state index is 13.5. The molecule has 0 bridgehead atoms. The SMILES string of the molecule is O=C(O)c1sc(-c2c(F)cc(F)cc2F)nc1C(F)(F)F. The lowest BCUT2D eigenvalue weighted by atomic mass is 10.2. The zero-order valence-corrected chi connectivity index (χ0v) is 10.4. The van der Waals surface area contributed by atoms with Gasteiger partial charge in [0.25, 0.3) is 0 Å². The van der Waals surface area contributed by atoms with Gasteiger partial charge in [0.15, 0.2) is 5.69 Å². The Labute approximate surface area is 116 Å². The molecule has 1 heterocycles. The van der Waals surface area contributed by atoms with Gasteiger partial charge in [-0.3, -0.25) is 0 Å². The minimum absolute atomic E-state index is 0.0513. The Bertz CT molecular complexity index is 701. The second-order valence-electron chi connectivity index (χ2n) is 3.74. The van der Waals surface area contributed by atoms with Gasteiger partial charge >= 0.3 is 12.1 Å². The highest BCUT2D eigenvalue weighted by atomic mass is 32.1. The van der Waals surface area contributed by atoms with Gasteiger partial charge in [-0.1, -0.05) is 0 Å². The first-order valence-electron chi connectivity index (χ1n) is 5.07.